The summed E-state index contributed by atoms with van der Waals surface area (Å²) in [5.74, 6) is 0.0738. The van der Waals surface area contributed by atoms with Gasteiger partial charge < -0.3 is 30.1 Å². The predicted octanol–water partition coefficient (Wildman–Crippen LogP) is 4.34. The zero-order valence-electron chi connectivity index (χ0n) is 26.5. The first-order valence-electron chi connectivity index (χ1n) is 15.4. The van der Waals surface area contributed by atoms with Crippen molar-refractivity contribution in [1.29, 1.82) is 0 Å². The smallest absolute Gasteiger partial charge is 0.330 e. The van der Waals surface area contributed by atoms with Gasteiger partial charge in [0.15, 0.2) is 5.82 Å². The maximum absolute atomic E-state index is 13.5. The third-order valence-electron chi connectivity index (χ3n) is 8.64. The van der Waals surface area contributed by atoms with Crippen LogP contribution in [0.15, 0.2) is 42.6 Å². The Labute approximate surface area is 262 Å². The van der Waals surface area contributed by atoms with Gasteiger partial charge in [0, 0.05) is 49.1 Å². The van der Waals surface area contributed by atoms with Gasteiger partial charge >= 0.3 is 12.0 Å². The minimum atomic E-state index is -1.38. The molecule has 0 bridgehead atoms. The van der Waals surface area contributed by atoms with Crippen molar-refractivity contribution in [3.8, 4) is 17.3 Å². The minimum absolute atomic E-state index is 0.0610. The number of rotatable bonds is 8. The highest BCUT2D eigenvalue weighted by Gasteiger charge is 2.60. The Bertz CT molecular complexity index is 1620. The van der Waals surface area contributed by atoms with Gasteiger partial charge in [-0.1, -0.05) is 26.0 Å². The van der Waals surface area contributed by atoms with Gasteiger partial charge in [-0.3, -0.25) is 4.79 Å². The molecule has 3 N–H and O–H groups in total. The number of hydrogen-bond donors (Lipinski definition) is 3. The van der Waals surface area contributed by atoms with Gasteiger partial charge in [0.05, 0.1) is 24.9 Å². The average molecular weight is 619 g/mol. The SMILES string of the molecule is COc1ccc2c(OCCC3NC(=O)N(C)CCCC/C=C/C4CC4(C(=O)O)NC3=O)cc(-n3ccc(C(C)C)n3)nc2c1C. The highest BCUT2D eigenvalue weighted by molar-refractivity contribution is 5.94. The molecule has 3 unspecified atom stereocenters. The Morgan fingerprint density at radius 3 is 2.71 bits per heavy atom. The lowest BCUT2D eigenvalue weighted by atomic mass is 10.1. The number of pyridine rings is 1. The Hall–Kier alpha value is -4.61. The van der Waals surface area contributed by atoms with Crippen molar-refractivity contribution in [3.05, 3.63) is 53.9 Å². The van der Waals surface area contributed by atoms with Crippen LogP contribution in [-0.4, -0.2) is 81.6 Å². The third-order valence-corrected chi connectivity index (χ3v) is 8.64. The van der Waals surface area contributed by atoms with E-state index in [0.29, 0.717) is 35.8 Å². The second-order valence-corrected chi connectivity index (χ2v) is 12.2. The summed E-state index contributed by atoms with van der Waals surface area (Å²) in [6, 6.07) is 6.05. The number of urea groups is 1. The maximum atomic E-state index is 13.5. The topological polar surface area (TPSA) is 148 Å². The van der Waals surface area contributed by atoms with Crippen LogP contribution in [-0.2, 0) is 9.59 Å². The first kappa shape index (κ1) is 31.8. The molecule has 1 saturated carbocycles. The van der Waals surface area contributed by atoms with Crippen molar-refractivity contribution >= 4 is 28.8 Å². The lowest BCUT2D eigenvalue weighted by Gasteiger charge is -2.25. The fourth-order valence-electron chi connectivity index (χ4n) is 5.66. The number of nitrogens with one attached hydrogen (secondary N) is 2. The number of nitrogens with zero attached hydrogens (tertiary/aromatic N) is 4. The summed E-state index contributed by atoms with van der Waals surface area (Å²) < 4.78 is 13.5. The molecule has 2 aliphatic rings. The second kappa shape index (κ2) is 13.2. The Kier molecular flexibility index (Phi) is 9.31. The lowest BCUT2D eigenvalue weighted by molar-refractivity contribution is -0.143. The predicted molar refractivity (Wildman–Crippen MR) is 169 cm³/mol. The molecule has 0 radical (unpaired) electrons. The van der Waals surface area contributed by atoms with E-state index in [9.17, 15) is 19.5 Å². The number of carbonyl (C=O) groups is 3. The summed E-state index contributed by atoms with van der Waals surface area (Å²) in [5.41, 5.74) is 1.07. The molecule has 12 heteroatoms. The number of methoxy groups -OCH3 is 1. The lowest BCUT2D eigenvalue weighted by Crippen LogP contribution is -2.55. The number of fused-ring (bicyclic) bond motifs is 2. The van der Waals surface area contributed by atoms with Gasteiger partial charge in [0.25, 0.3) is 0 Å². The van der Waals surface area contributed by atoms with Gasteiger partial charge in [-0.25, -0.2) is 19.3 Å². The number of aliphatic carboxylic acids is 1. The molecule has 3 atom stereocenters. The molecule has 1 fully saturated rings. The molecule has 3 amide bonds. The summed E-state index contributed by atoms with van der Waals surface area (Å²) in [7, 11) is 3.29. The number of carbonyl (C=O) groups excluding carboxylic acids is 2. The summed E-state index contributed by atoms with van der Waals surface area (Å²) >= 11 is 0. The van der Waals surface area contributed by atoms with E-state index in [2.05, 4.69) is 29.6 Å². The fourth-order valence-corrected chi connectivity index (χ4v) is 5.66. The van der Waals surface area contributed by atoms with E-state index in [4.69, 9.17) is 14.5 Å². The van der Waals surface area contributed by atoms with Crippen molar-refractivity contribution in [2.75, 3.05) is 27.3 Å². The van der Waals surface area contributed by atoms with Crippen molar-refractivity contribution in [3.63, 3.8) is 0 Å². The normalized spacial score (nSPS) is 23.1. The van der Waals surface area contributed by atoms with Crippen LogP contribution in [0.5, 0.6) is 11.5 Å². The van der Waals surface area contributed by atoms with Gasteiger partial charge in [-0.15, -0.1) is 0 Å². The number of hydrogen-bond acceptors (Lipinski definition) is 7. The molecule has 0 saturated heterocycles. The Balaban J connectivity index is 1.42. The van der Waals surface area contributed by atoms with Crippen molar-refractivity contribution in [2.45, 2.75) is 70.4 Å². The van der Waals surface area contributed by atoms with Crippen molar-refractivity contribution in [2.24, 2.45) is 5.92 Å². The second-order valence-electron chi connectivity index (χ2n) is 12.2. The van der Waals surface area contributed by atoms with E-state index >= 15 is 0 Å². The number of amides is 3. The summed E-state index contributed by atoms with van der Waals surface area (Å²) in [4.78, 5) is 45.2. The number of carboxylic acid groups (broad SMARTS) is 1. The third kappa shape index (κ3) is 6.74. The van der Waals surface area contributed by atoms with E-state index in [-0.39, 0.29) is 24.9 Å². The Morgan fingerprint density at radius 1 is 1.20 bits per heavy atom. The van der Waals surface area contributed by atoms with E-state index in [0.717, 1.165) is 35.9 Å². The summed E-state index contributed by atoms with van der Waals surface area (Å²) in [6.45, 7) is 6.66. The molecule has 0 spiro atoms. The molecule has 3 aromatic rings. The number of carboxylic acids is 1. The standard InChI is InChI=1S/C33H42N6O6/c1-20(2)24-13-16-39(37-24)28-18-27(23-11-12-26(44-5)21(3)29(23)35-28)45-17-14-25-30(40)36-33(31(41)42)19-22(33)10-8-6-7-9-15-38(4)32(43)34-25/h8,10-13,16,18,20,22,25H,6-7,9,14-15,17,19H2,1-5H3,(H,34,43)(H,36,40)(H,41,42)/b10-8+. The molecule has 45 heavy (non-hydrogen) atoms. The number of benzene rings is 1. The highest BCUT2D eigenvalue weighted by atomic mass is 16.5. The van der Waals surface area contributed by atoms with E-state index in [1.807, 2.05) is 43.5 Å². The fraction of sp³-hybridized carbons (Fsp3) is 0.485. The van der Waals surface area contributed by atoms with Gasteiger partial charge in [0.1, 0.15) is 23.1 Å². The molecule has 12 nitrogen and oxygen atoms in total. The highest BCUT2D eigenvalue weighted by Crippen LogP contribution is 2.45. The number of aryl methyl sites for hydroxylation is 1. The molecule has 2 aromatic heterocycles. The largest absolute Gasteiger partial charge is 0.496 e. The molecule has 1 aliphatic carbocycles. The van der Waals surface area contributed by atoms with Crippen LogP contribution in [0.4, 0.5) is 4.79 Å². The van der Waals surface area contributed by atoms with Gasteiger partial charge in [-0.2, -0.15) is 5.10 Å². The zero-order valence-corrected chi connectivity index (χ0v) is 26.5. The van der Waals surface area contributed by atoms with Crippen LogP contribution in [0, 0.1) is 12.8 Å². The van der Waals surface area contributed by atoms with Crippen LogP contribution < -0.4 is 20.1 Å². The van der Waals surface area contributed by atoms with Crippen molar-refractivity contribution in [1.82, 2.24) is 30.3 Å². The first-order chi connectivity index (χ1) is 21.5. The molecule has 240 valence electrons. The molecular weight excluding hydrogens is 576 g/mol. The van der Waals surface area contributed by atoms with E-state index in [1.165, 1.54) is 4.90 Å². The van der Waals surface area contributed by atoms with Crippen LogP contribution in [0.2, 0.25) is 0 Å². The molecule has 1 aliphatic heterocycles. The number of aromatic nitrogens is 3. The number of ether oxygens (including phenoxy) is 2. The molecule has 1 aromatic carbocycles. The molecule has 3 heterocycles. The first-order valence-corrected chi connectivity index (χ1v) is 15.4. The zero-order chi connectivity index (χ0) is 32.3. The van der Waals surface area contributed by atoms with Crippen molar-refractivity contribution < 1.29 is 29.0 Å². The molecular formula is C33H42N6O6. The molecule has 5 rings (SSSR count). The average Bonchev–Trinajstić information content (AvgIpc) is 3.47. The number of allylic oxidation sites excluding steroid dienone is 1. The van der Waals surface area contributed by atoms with Crippen LogP contribution in [0.1, 0.15) is 63.1 Å². The van der Waals surface area contributed by atoms with Crippen LogP contribution in [0.25, 0.3) is 16.7 Å². The van der Waals surface area contributed by atoms with Gasteiger partial charge in [0.2, 0.25) is 5.91 Å². The maximum Gasteiger partial charge on any atom is 0.330 e. The summed E-state index contributed by atoms with van der Waals surface area (Å²) in [6.07, 6.45) is 8.56. The van der Waals surface area contributed by atoms with E-state index < -0.39 is 29.5 Å². The Morgan fingerprint density at radius 2 is 2.00 bits per heavy atom. The monoisotopic (exact) mass is 618 g/mol. The van der Waals surface area contributed by atoms with Crippen LogP contribution in [0.3, 0.4) is 0 Å². The minimum Gasteiger partial charge on any atom is -0.496 e. The van der Waals surface area contributed by atoms with E-state index in [1.54, 1.807) is 24.9 Å². The van der Waals surface area contributed by atoms with Gasteiger partial charge in [-0.05, 0) is 56.7 Å². The quantitative estimate of drug-likeness (QED) is 0.316. The summed E-state index contributed by atoms with van der Waals surface area (Å²) in [5, 5.41) is 21.0. The van der Waals surface area contributed by atoms with Crippen LogP contribution >= 0.6 is 0 Å².